The number of nitrogens with zero attached hydrogens (tertiary/aromatic N) is 5. The van der Waals surface area contributed by atoms with Gasteiger partial charge in [0.25, 0.3) is 5.91 Å². The van der Waals surface area contributed by atoms with Crippen molar-refractivity contribution >= 4 is 17.7 Å². The minimum Gasteiger partial charge on any atom is -0.444 e. The van der Waals surface area contributed by atoms with Gasteiger partial charge in [-0.05, 0) is 43.6 Å². The van der Waals surface area contributed by atoms with Gasteiger partial charge in [-0.3, -0.25) is 10.1 Å². The van der Waals surface area contributed by atoms with E-state index in [1.165, 1.54) is 0 Å². The van der Waals surface area contributed by atoms with Crippen molar-refractivity contribution in [1.82, 2.24) is 4.90 Å². The van der Waals surface area contributed by atoms with Gasteiger partial charge in [0.05, 0.1) is 12.5 Å². The maximum Gasteiger partial charge on any atom is 0.411 e. The lowest BCUT2D eigenvalue weighted by molar-refractivity contribution is 0.0381. The van der Waals surface area contributed by atoms with Gasteiger partial charge in [0, 0.05) is 41.2 Å². The molecule has 28 heavy (non-hydrogen) atoms. The molecule has 0 radical (unpaired) electrons. The summed E-state index contributed by atoms with van der Waals surface area (Å²) in [5.74, 6) is -0.0759. The monoisotopic (exact) mass is 386 g/mol. The van der Waals surface area contributed by atoms with Crippen molar-refractivity contribution in [2.45, 2.75) is 40.2 Å². The van der Waals surface area contributed by atoms with Crippen molar-refractivity contribution in [3.05, 3.63) is 40.3 Å². The molecule has 150 valence electrons. The van der Waals surface area contributed by atoms with E-state index in [0.717, 1.165) is 0 Å². The predicted molar refractivity (Wildman–Crippen MR) is 106 cm³/mol. The fourth-order valence-electron chi connectivity index (χ4n) is 2.54. The zero-order valence-corrected chi connectivity index (χ0v) is 16.7. The van der Waals surface area contributed by atoms with Crippen LogP contribution in [0.5, 0.6) is 0 Å². The molecule has 0 aliphatic heterocycles. The zero-order chi connectivity index (χ0) is 21.2. The fraction of sp³-hybridized carbons (Fsp3) is 0.526. The predicted octanol–water partition coefficient (Wildman–Crippen LogP) is 4.34. The lowest BCUT2D eigenvalue weighted by Crippen LogP contribution is -2.37. The van der Waals surface area contributed by atoms with E-state index < -0.39 is 17.6 Å². The van der Waals surface area contributed by atoms with Crippen molar-refractivity contribution in [3.8, 4) is 6.07 Å². The van der Waals surface area contributed by atoms with Gasteiger partial charge in [0.15, 0.2) is 0 Å². The first kappa shape index (κ1) is 22.8. The molecular weight excluding hydrogens is 360 g/mol. The zero-order valence-electron chi connectivity index (χ0n) is 16.7. The van der Waals surface area contributed by atoms with E-state index in [1.807, 2.05) is 19.9 Å². The van der Waals surface area contributed by atoms with Crippen LogP contribution in [0.3, 0.4) is 0 Å². The van der Waals surface area contributed by atoms with Crippen LogP contribution in [0.25, 0.3) is 10.4 Å². The third-order valence-corrected chi connectivity index (χ3v) is 4.37. The van der Waals surface area contributed by atoms with Gasteiger partial charge in [0.1, 0.15) is 6.10 Å². The number of amides is 2. The molecule has 9 nitrogen and oxygen atoms in total. The van der Waals surface area contributed by atoms with Crippen molar-refractivity contribution in [2.75, 3.05) is 25.0 Å². The Balaban J connectivity index is 2.79. The van der Waals surface area contributed by atoms with Gasteiger partial charge in [-0.25, -0.2) is 4.79 Å². The van der Waals surface area contributed by atoms with E-state index in [4.69, 9.17) is 15.5 Å². The smallest absolute Gasteiger partial charge is 0.411 e. The molecule has 2 amide bonds. The molecule has 1 aromatic carbocycles. The fourth-order valence-corrected chi connectivity index (χ4v) is 2.54. The Morgan fingerprint density at radius 1 is 1.32 bits per heavy atom. The summed E-state index contributed by atoms with van der Waals surface area (Å²) in [5.41, 5.74) is 8.79. The Morgan fingerprint density at radius 2 is 1.93 bits per heavy atom. The van der Waals surface area contributed by atoms with Crippen LogP contribution in [0.15, 0.2) is 29.4 Å². The summed E-state index contributed by atoms with van der Waals surface area (Å²) in [6, 6.07) is 8.47. The number of ether oxygens (including phenoxy) is 1. The average molecular weight is 386 g/mol. The molecule has 0 heterocycles. The Bertz CT molecular complexity index is 759. The van der Waals surface area contributed by atoms with E-state index in [0.29, 0.717) is 24.3 Å². The third-order valence-electron chi connectivity index (χ3n) is 4.37. The Hall–Kier alpha value is -3.24. The molecule has 0 aromatic heterocycles. The van der Waals surface area contributed by atoms with Crippen LogP contribution in [-0.4, -0.2) is 42.6 Å². The van der Waals surface area contributed by atoms with E-state index in [2.05, 4.69) is 15.3 Å². The highest BCUT2D eigenvalue weighted by Crippen LogP contribution is 2.27. The summed E-state index contributed by atoms with van der Waals surface area (Å²) in [6.07, 6.45) is -1.50. The molecule has 1 unspecified atom stereocenters. The number of hydrogen-bond donors (Lipinski definition) is 1. The summed E-state index contributed by atoms with van der Waals surface area (Å²) in [6.45, 7) is 8.66. The van der Waals surface area contributed by atoms with E-state index in [9.17, 15) is 9.59 Å². The number of nitrogens with one attached hydrogen (secondary N) is 1. The van der Waals surface area contributed by atoms with Crippen LogP contribution in [0.2, 0.25) is 0 Å². The van der Waals surface area contributed by atoms with Crippen LogP contribution in [0, 0.1) is 16.7 Å². The number of carbonyl (C=O) groups is 2. The second-order valence-electron chi connectivity index (χ2n) is 6.81. The number of hydrogen-bond acceptors (Lipinski definition) is 5. The van der Waals surface area contributed by atoms with E-state index in [1.54, 1.807) is 43.0 Å². The van der Waals surface area contributed by atoms with Gasteiger partial charge in [-0.1, -0.05) is 19.0 Å². The summed E-state index contributed by atoms with van der Waals surface area (Å²) in [4.78, 5) is 28.9. The molecule has 0 aliphatic rings. The Labute approximate surface area is 164 Å². The molecule has 1 N–H and O–H groups in total. The number of anilines is 1. The van der Waals surface area contributed by atoms with Gasteiger partial charge in [-0.2, -0.15) is 5.26 Å². The van der Waals surface area contributed by atoms with Crippen molar-refractivity contribution in [3.63, 3.8) is 0 Å². The maximum atomic E-state index is 12.3. The number of benzene rings is 1. The van der Waals surface area contributed by atoms with Gasteiger partial charge < -0.3 is 9.64 Å². The topological polar surface area (TPSA) is 131 Å². The van der Waals surface area contributed by atoms with Crippen molar-refractivity contribution < 1.29 is 14.3 Å². The highest BCUT2D eigenvalue weighted by atomic mass is 16.6. The van der Waals surface area contributed by atoms with Crippen LogP contribution in [0.4, 0.5) is 10.5 Å². The molecule has 1 atom stereocenters. The van der Waals surface area contributed by atoms with E-state index >= 15 is 0 Å². The summed E-state index contributed by atoms with van der Waals surface area (Å²) >= 11 is 0. The van der Waals surface area contributed by atoms with Gasteiger partial charge in [-0.15, -0.1) is 0 Å². The number of nitriles is 1. The second kappa shape index (κ2) is 10.8. The lowest BCUT2D eigenvalue weighted by Gasteiger charge is -2.30. The first-order valence-electron chi connectivity index (χ1n) is 9.03. The van der Waals surface area contributed by atoms with E-state index in [-0.39, 0.29) is 18.9 Å². The molecule has 9 heteroatoms. The highest BCUT2D eigenvalue weighted by molar-refractivity contribution is 5.95. The number of azide groups is 1. The SMILES string of the molecule is CCN(CC)C(=O)c1ccc(NC(=O)OC(CC#N)C(C)(C)CN=[N+]=[N-])cc1. The standard InChI is InChI=1S/C19H26N6O3/c1-5-25(6-2)17(26)14-7-9-15(10-8-14)23-18(27)28-16(11-12-20)19(3,4)13-22-24-21/h7-10,16H,5-6,11,13H2,1-4H3,(H,23,27). The molecule has 0 saturated carbocycles. The first-order valence-corrected chi connectivity index (χ1v) is 9.03. The summed E-state index contributed by atoms with van der Waals surface area (Å²) in [7, 11) is 0. The molecule has 0 spiro atoms. The molecule has 0 saturated heterocycles. The van der Waals surface area contributed by atoms with Crippen LogP contribution in [0.1, 0.15) is 44.5 Å². The van der Waals surface area contributed by atoms with Crippen molar-refractivity contribution in [1.29, 1.82) is 5.26 Å². The summed E-state index contributed by atoms with van der Waals surface area (Å²) < 4.78 is 5.38. The summed E-state index contributed by atoms with van der Waals surface area (Å²) in [5, 5.41) is 15.1. The minimum atomic E-state index is -0.744. The minimum absolute atomic E-state index is 0.0291. The number of carbonyl (C=O) groups excluding carboxylic acids is 2. The van der Waals surface area contributed by atoms with Crippen LogP contribution >= 0.6 is 0 Å². The number of rotatable bonds is 9. The third kappa shape index (κ3) is 6.49. The average Bonchev–Trinajstić information content (AvgIpc) is 2.67. The maximum absolute atomic E-state index is 12.3. The molecular formula is C19H26N6O3. The second-order valence-corrected chi connectivity index (χ2v) is 6.81. The highest BCUT2D eigenvalue weighted by Gasteiger charge is 2.32. The quantitative estimate of drug-likeness (QED) is 0.384. The molecule has 1 aromatic rings. The van der Waals surface area contributed by atoms with Crippen LogP contribution < -0.4 is 5.32 Å². The van der Waals surface area contributed by atoms with Crippen LogP contribution in [-0.2, 0) is 4.74 Å². The molecule has 0 fully saturated rings. The molecule has 1 rings (SSSR count). The van der Waals surface area contributed by atoms with Crippen molar-refractivity contribution in [2.24, 2.45) is 10.5 Å². The largest absolute Gasteiger partial charge is 0.444 e. The normalized spacial score (nSPS) is 11.5. The lowest BCUT2D eigenvalue weighted by atomic mass is 9.85. The van der Waals surface area contributed by atoms with Gasteiger partial charge in [0.2, 0.25) is 0 Å². The Kier molecular flexibility index (Phi) is 8.79. The molecule has 0 aliphatic carbocycles. The first-order chi connectivity index (χ1) is 13.3. The van der Waals surface area contributed by atoms with Gasteiger partial charge >= 0.3 is 6.09 Å². The molecule has 0 bridgehead atoms. The Morgan fingerprint density at radius 3 is 2.43 bits per heavy atom.